The van der Waals surface area contributed by atoms with E-state index in [2.05, 4.69) is 0 Å². The summed E-state index contributed by atoms with van der Waals surface area (Å²) in [5, 5.41) is 0. The van der Waals surface area contributed by atoms with Gasteiger partial charge in [-0.15, -0.1) is 0 Å². The number of hydrogen-bond acceptors (Lipinski definition) is 4. The number of carbonyl (C=O) groups excluding carboxylic acids is 1. The first-order valence-corrected chi connectivity index (χ1v) is 4.70. The van der Waals surface area contributed by atoms with E-state index < -0.39 is 0 Å². The molecular formula is C9H17NO3. The highest BCUT2D eigenvalue weighted by molar-refractivity contribution is 5.80. The van der Waals surface area contributed by atoms with Crippen LogP contribution >= 0.6 is 0 Å². The van der Waals surface area contributed by atoms with Crippen molar-refractivity contribution in [3.8, 4) is 0 Å². The van der Waals surface area contributed by atoms with E-state index in [0.29, 0.717) is 26.4 Å². The van der Waals surface area contributed by atoms with Crippen LogP contribution in [0.3, 0.4) is 0 Å². The molecule has 0 aromatic carbocycles. The minimum absolute atomic E-state index is 0.158. The third-order valence-corrected chi connectivity index (χ3v) is 2.34. The molecule has 1 aliphatic carbocycles. The molecule has 76 valence electrons. The molecule has 13 heavy (non-hydrogen) atoms. The second-order valence-electron chi connectivity index (χ2n) is 3.32. The first-order valence-electron chi connectivity index (χ1n) is 4.70. The molecule has 0 unspecified atom stereocenters. The molecule has 2 N–H and O–H groups in total. The first kappa shape index (κ1) is 10.5. The summed E-state index contributed by atoms with van der Waals surface area (Å²) in [4.78, 5) is 11.4. The SMILES string of the molecule is CCOCCOC(=O)C1(CN)CC1. The van der Waals surface area contributed by atoms with E-state index in [1.54, 1.807) is 0 Å². The number of carbonyl (C=O) groups is 1. The van der Waals surface area contributed by atoms with Gasteiger partial charge in [0.25, 0.3) is 0 Å². The van der Waals surface area contributed by atoms with E-state index in [-0.39, 0.29) is 11.4 Å². The molecule has 0 saturated heterocycles. The summed E-state index contributed by atoms with van der Waals surface area (Å²) in [5.74, 6) is -0.158. The lowest BCUT2D eigenvalue weighted by molar-refractivity contribution is -0.151. The van der Waals surface area contributed by atoms with Gasteiger partial charge in [-0.1, -0.05) is 0 Å². The van der Waals surface area contributed by atoms with Crippen molar-refractivity contribution in [3.05, 3.63) is 0 Å². The lowest BCUT2D eigenvalue weighted by Gasteiger charge is -2.11. The van der Waals surface area contributed by atoms with E-state index in [1.165, 1.54) is 0 Å². The quantitative estimate of drug-likeness (QED) is 0.480. The highest BCUT2D eigenvalue weighted by Gasteiger charge is 2.50. The summed E-state index contributed by atoms with van der Waals surface area (Å²) >= 11 is 0. The monoisotopic (exact) mass is 187 g/mol. The average Bonchev–Trinajstić information content (AvgIpc) is 2.93. The van der Waals surface area contributed by atoms with E-state index in [9.17, 15) is 4.79 Å². The standard InChI is InChI=1S/C9H17NO3/c1-2-12-5-6-13-8(11)9(7-10)3-4-9/h2-7,10H2,1H3. The van der Waals surface area contributed by atoms with Crippen LogP contribution in [-0.2, 0) is 14.3 Å². The van der Waals surface area contributed by atoms with Gasteiger partial charge >= 0.3 is 5.97 Å². The fourth-order valence-corrected chi connectivity index (χ4v) is 1.13. The Hall–Kier alpha value is -0.610. The summed E-state index contributed by atoms with van der Waals surface area (Å²) in [6.07, 6.45) is 1.74. The van der Waals surface area contributed by atoms with E-state index >= 15 is 0 Å². The Morgan fingerprint density at radius 3 is 2.62 bits per heavy atom. The van der Waals surface area contributed by atoms with Gasteiger partial charge in [-0.25, -0.2) is 0 Å². The highest BCUT2D eigenvalue weighted by atomic mass is 16.6. The van der Waals surface area contributed by atoms with Crippen molar-refractivity contribution < 1.29 is 14.3 Å². The predicted octanol–water partition coefficient (Wildman–Crippen LogP) is 0.305. The number of esters is 1. The maximum absolute atomic E-state index is 11.4. The molecule has 0 aromatic rings. The second-order valence-corrected chi connectivity index (χ2v) is 3.32. The summed E-state index contributed by atoms with van der Waals surface area (Å²) in [5.41, 5.74) is 5.13. The van der Waals surface area contributed by atoms with Crippen molar-refractivity contribution in [2.24, 2.45) is 11.1 Å². The normalized spacial score (nSPS) is 18.3. The van der Waals surface area contributed by atoms with Crippen LogP contribution in [0, 0.1) is 5.41 Å². The van der Waals surface area contributed by atoms with Crippen LogP contribution in [0.4, 0.5) is 0 Å². The van der Waals surface area contributed by atoms with Crippen molar-refractivity contribution in [2.45, 2.75) is 19.8 Å². The number of nitrogens with two attached hydrogens (primary N) is 1. The molecule has 4 nitrogen and oxygen atoms in total. The minimum atomic E-state index is -0.341. The number of rotatable bonds is 6. The molecule has 0 atom stereocenters. The summed E-state index contributed by atoms with van der Waals surface area (Å²) < 4.78 is 10.1. The Bertz CT molecular complexity index is 178. The predicted molar refractivity (Wildman–Crippen MR) is 48.2 cm³/mol. The highest BCUT2D eigenvalue weighted by Crippen LogP contribution is 2.45. The molecule has 0 heterocycles. The Morgan fingerprint density at radius 1 is 1.46 bits per heavy atom. The van der Waals surface area contributed by atoms with Gasteiger partial charge in [0.05, 0.1) is 12.0 Å². The van der Waals surface area contributed by atoms with Gasteiger partial charge in [0.1, 0.15) is 6.61 Å². The Morgan fingerprint density at radius 2 is 2.15 bits per heavy atom. The van der Waals surface area contributed by atoms with Crippen LogP contribution in [0.15, 0.2) is 0 Å². The number of ether oxygens (including phenoxy) is 2. The average molecular weight is 187 g/mol. The zero-order valence-corrected chi connectivity index (χ0v) is 8.04. The molecule has 0 aliphatic heterocycles. The molecule has 1 saturated carbocycles. The smallest absolute Gasteiger partial charge is 0.313 e. The molecule has 0 amide bonds. The van der Waals surface area contributed by atoms with Crippen molar-refractivity contribution in [1.29, 1.82) is 0 Å². The van der Waals surface area contributed by atoms with Gasteiger partial charge in [-0.05, 0) is 19.8 Å². The topological polar surface area (TPSA) is 61.5 Å². The fourth-order valence-electron chi connectivity index (χ4n) is 1.13. The van der Waals surface area contributed by atoms with Crippen molar-refractivity contribution in [1.82, 2.24) is 0 Å². The van der Waals surface area contributed by atoms with Gasteiger partial charge in [-0.2, -0.15) is 0 Å². The van der Waals surface area contributed by atoms with Gasteiger partial charge in [-0.3, -0.25) is 4.79 Å². The lowest BCUT2D eigenvalue weighted by Crippen LogP contribution is -2.28. The van der Waals surface area contributed by atoms with Crippen LogP contribution in [0.25, 0.3) is 0 Å². The zero-order chi connectivity index (χ0) is 9.73. The van der Waals surface area contributed by atoms with Gasteiger partial charge in [0.2, 0.25) is 0 Å². The van der Waals surface area contributed by atoms with Gasteiger partial charge < -0.3 is 15.2 Å². The van der Waals surface area contributed by atoms with Crippen LogP contribution in [0.1, 0.15) is 19.8 Å². The van der Waals surface area contributed by atoms with E-state index in [1.807, 2.05) is 6.92 Å². The Kier molecular flexibility index (Phi) is 3.69. The minimum Gasteiger partial charge on any atom is -0.463 e. The Balaban J connectivity index is 2.11. The fraction of sp³-hybridized carbons (Fsp3) is 0.889. The largest absolute Gasteiger partial charge is 0.463 e. The molecule has 1 rings (SSSR count). The van der Waals surface area contributed by atoms with E-state index in [0.717, 1.165) is 12.8 Å². The molecule has 0 bridgehead atoms. The van der Waals surface area contributed by atoms with Crippen LogP contribution < -0.4 is 5.73 Å². The van der Waals surface area contributed by atoms with Crippen molar-refractivity contribution in [2.75, 3.05) is 26.4 Å². The summed E-state index contributed by atoms with van der Waals surface area (Å²) in [6.45, 7) is 3.78. The molecule has 1 aliphatic rings. The summed E-state index contributed by atoms with van der Waals surface area (Å²) in [6, 6.07) is 0. The molecule has 0 spiro atoms. The zero-order valence-electron chi connectivity index (χ0n) is 8.04. The number of hydrogen-bond donors (Lipinski definition) is 1. The molecule has 1 fully saturated rings. The lowest BCUT2D eigenvalue weighted by atomic mass is 10.1. The molecule has 4 heteroatoms. The first-order chi connectivity index (χ1) is 6.25. The maximum atomic E-state index is 11.4. The third kappa shape index (κ3) is 2.67. The molecular weight excluding hydrogens is 170 g/mol. The molecule has 0 radical (unpaired) electrons. The Labute approximate surface area is 78.4 Å². The van der Waals surface area contributed by atoms with Crippen molar-refractivity contribution >= 4 is 5.97 Å². The van der Waals surface area contributed by atoms with Crippen LogP contribution in [0.2, 0.25) is 0 Å². The van der Waals surface area contributed by atoms with Gasteiger partial charge in [0.15, 0.2) is 0 Å². The second kappa shape index (κ2) is 4.58. The van der Waals surface area contributed by atoms with E-state index in [4.69, 9.17) is 15.2 Å². The maximum Gasteiger partial charge on any atom is 0.313 e. The van der Waals surface area contributed by atoms with Crippen LogP contribution in [0.5, 0.6) is 0 Å². The molecule has 0 aromatic heterocycles. The van der Waals surface area contributed by atoms with Crippen molar-refractivity contribution in [3.63, 3.8) is 0 Å². The summed E-state index contributed by atoms with van der Waals surface area (Å²) in [7, 11) is 0. The van der Waals surface area contributed by atoms with Gasteiger partial charge in [0, 0.05) is 13.2 Å². The third-order valence-electron chi connectivity index (χ3n) is 2.34. The van der Waals surface area contributed by atoms with Crippen LogP contribution in [-0.4, -0.2) is 32.3 Å².